The summed E-state index contributed by atoms with van der Waals surface area (Å²) in [4.78, 5) is 23.1. The molecule has 5 nitrogen and oxygen atoms in total. The van der Waals surface area contributed by atoms with Crippen LogP contribution in [0.1, 0.15) is 20.7 Å². The van der Waals surface area contributed by atoms with E-state index in [1.807, 2.05) is 0 Å². The Bertz CT molecular complexity index is 667. The third kappa shape index (κ3) is 2.89. The zero-order chi connectivity index (χ0) is 14.7. The Balaban J connectivity index is 2.32. The van der Waals surface area contributed by atoms with Crippen LogP contribution in [0.25, 0.3) is 0 Å². The van der Waals surface area contributed by atoms with Crippen molar-refractivity contribution < 1.29 is 19.8 Å². The van der Waals surface area contributed by atoms with Crippen molar-refractivity contribution in [2.75, 3.05) is 5.32 Å². The van der Waals surface area contributed by atoms with E-state index < -0.39 is 11.9 Å². The fraction of sp³-hybridized carbons (Fsp3) is 0. The van der Waals surface area contributed by atoms with Gasteiger partial charge in [0.1, 0.15) is 5.75 Å². The van der Waals surface area contributed by atoms with E-state index in [0.29, 0.717) is 0 Å². The predicted octanol–water partition coefficient (Wildman–Crippen LogP) is 3.00. The van der Waals surface area contributed by atoms with E-state index in [9.17, 15) is 9.59 Å². The second-order valence-corrected chi connectivity index (χ2v) is 4.38. The standard InChI is InChI=1S/C14H10ClNO4/c15-11-3-1-2-10(14(19)20)12(11)16-13(18)8-4-6-9(17)7-5-8/h1-7,17H,(H,16,18)(H,19,20). The maximum atomic E-state index is 12.0. The maximum absolute atomic E-state index is 12.0. The molecule has 0 atom stereocenters. The number of rotatable bonds is 3. The average Bonchev–Trinajstić information content (AvgIpc) is 2.41. The molecule has 2 aromatic carbocycles. The Morgan fingerprint density at radius 3 is 2.30 bits per heavy atom. The van der Waals surface area contributed by atoms with Gasteiger partial charge in [0.05, 0.1) is 16.3 Å². The van der Waals surface area contributed by atoms with Gasteiger partial charge in [-0.3, -0.25) is 4.79 Å². The second kappa shape index (κ2) is 5.63. The Labute approximate surface area is 119 Å². The number of carboxylic acid groups (broad SMARTS) is 1. The summed E-state index contributed by atoms with van der Waals surface area (Å²) in [5.74, 6) is -1.67. The van der Waals surface area contributed by atoms with Crippen molar-refractivity contribution >= 4 is 29.2 Å². The zero-order valence-corrected chi connectivity index (χ0v) is 10.9. The lowest BCUT2D eigenvalue weighted by Gasteiger charge is -2.10. The number of aromatic carboxylic acids is 1. The van der Waals surface area contributed by atoms with E-state index in [-0.39, 0.29) is 27.6 Å². The molecule has 1 amide bonds. The van der Waals surface area contributed by atoms with Crippen LogP contribution in [0, 0.1) is 0 Å². The quantitative estimate of drug-likeness (QED) is 0.811. The van der Waals surface area contributed by atoms with Crippen molar-refractivity contribution in [1.82, 2.24) is 0 Å². The molecule has 0 fully saturated rings. The number of carboxylic acids is 1. The molecule has 3 N–H and O–H groups in total. The Morgan fingerprint density at radius 2 is 1.70 bits per heavy atom. The van der Waals surface area contributed by atoms with Crippen molar-refractivity contribution in [3.63, 3.8) is 0 Å². The number of anilines is 1. The van der Waals surface area contributed by atoms with Gasteiger partial charge in [-0.15, -0.1) is 0 Å². The highest BCUT2D eigenvalue weighted by atomic mass is 35.5. The number of hydrogen-bond acceptors (Lipinski definition) is 3. The third-order valence-electron chi connectivity index (χ3n) is 2.61. The van der Waals surface area contributed by atoms with Gasteiger partial charge < -0.3 is 15.5 Å². The molecular formula is C14H10ClNO4. The molecule has 0 aliphatic carbocycles. The van der Waals surface area contributed by atoms with Crippen LogP contribution in [0.4, 0.5) is 5.69 Å². The van der Waals surface area contributed by atoms with Crippen LogP contribution in [0.5, 0.6) is 5.75 Å². The lowest BCUT2D eigenvalue weighted by atomic mass is 10.1. The Kier molecular flexibility index (Phi) is 3.91. The first kappa shape index (κ1) is 13.9. The van der Waals surface area contributed by atoms with Gasteiger partial charge in [0.2, 0.25) is 0 Å². The van der Waals surface area contributed by atoms with Crippen LogP contribution in [0.15, 0.2) is 42.5 Å². The normalized spacial score (nSPS) is 10.1. The summed E-state index contributed by atoms with van der Waals surface area (Å²) >= 11 is 5.91. The van der Waals surface area contributed by atoms with Crippen LogP contribution in [-0.4, -0.2) is 22.1 Å². The Hall–Kier alpha value is -2.53. The monoisotopic (exact) mass is 291 g/mol. The van der Waals surface area contributed by atoms with Crippen molar-refractivity contribution in [2.24, 2.45) is 0 Å². The van der Waals surface area contributed by atoms with Crippen molar-refractivity contribution in [3.8, 4) is 5.75 Å². The molecule has 20 heavy (non-hydrogen) atoms. The highest BCUT2D eigenvalue weighted by molar-refractivity contribution is 6.34. The van der Waals surface area contributed by atoms with Gasteiger partial charge in [-0.25, -0.2) is 4.79 Å². The molecule has 0 aromatic heterocycles. The smallest absolute Gasteiger partial charge is 0.337 e. The lowest BCUT2D eigenvalue weighted by molar-refractivity contribution is 0.0698. The molecule has 102 valence electrons. The molecule has 0 radical (unpaired) electrons. The molecule has 0 bridgehead atoms. The molecule has 0 unspecified atom stereocenters. The molecule has 0 saturated carbocycles. The first-order valence-electron chi connectivity index (χ1n) is 5.61. The highest BCUT2D eigenvalue weighted by Crippen LogP contribution is 2.26. The summed E-state index contributed by atoms with van der Waals surface area (Å²) in [7, 11) is 0. The minimum absolute atomic E-state index is 0.0329. The third-order valence-corrected chi connectivity index (χ3v) is 2.93. The number of phenolic OH excluding ortho intramolecular Hbond substituents is 1. The van der Waals surface area contributed by atoms with Crippen LogP contribution in [0.2, 0.25) is 5.02 Å². The van der Waals surface area contributed by atoms with Crippen LogP contribution in [0.3, 0.4) is 0 Å². The first-order chi connectivity index (χ1) is 9.49. The number of amides is 1. The number of carbonyl (C=O) groups is 2. The number of hydrogen-bond donors (Lipinski definition) is 3. The molecule has 0 heterocycles. The average molecular weight is 292 g/mol. The van der Waals surface area contributed by atoms with Crippen molar-refractivity contribution in [3.05, 3.63) is 58.6 Å². The van der Waals surface area contributed by atoms with Crippen LogP contribution in [-0.2, 0) is 0 Å². The molecule has 2 rings (SSSR count). The fourth-order valence-electron chi connectivity index (χ4n) is 1.63. The summed E-state index contributed by atoms with van der Waals surface area (Å²) in [6.07, 6.45) is 0. The molecule has 0 aliphatic heterocycles. The summed E-state index contributed by atoms with van der Waals surface area (Å²) in [6.45, 7) is 0. The van der Waals surface area contributed by atoms with Gasteiger partial charge in [-0.1, -0.05) is 17.7 Å². The van der Waals surface area contributed by atoms with E-state index in [4.69, 9.17) is 21.8 Å². The molecule has 6 heteroatoms. The van der Waals surface area contributed by atoms with Crippen molar-refractivity contribution in [1.29, 1.82) is 0 Å². The second-order valence-electron chi connectivity index (χ2n) is 3.97. The largest absolute Gasteiger partial charge is 0.508 e. The highest BCUT2D eigenvalue weighted by Gasteiger charge is 2.16. The number of halogens is 1. The number of nitrogens with one attached hydrogen (secondary N) is 1. The molecule has 0 spiro atoms. The van der Waals surface area contributed by atoms with E-state index in [1.165, 1.54) is 42.5 Å². The zero-order valence-electron chi connectivity index (χ0n) is 10.1. The number of benzene rings is 2. The number of para-hydroxylation sites is 1. The van der Waals surface area contributed by atoms with Crippen LogP contribution < -0.4 is 5.32 Å². The summed E-state index contributed by atoms with van der Waals surface area (Å²) in [6, 6.07) is 9.88. The number of carbonyl (C=O) groups excluding carboxylic acids is 1. The summed E-state index contributed by atoms with van der Waals surface area (Å²) in [5, 5.41) is 20.8. The minimum Gasteiger partial charge on any atom is -0.508 e. The maximum Gasteiger partial charge on any atom is 0.337 e. The molecular weight excluding hydrogens is 282 g/mol. The van der Waals surface area contributed by atoms with Crippen LogP contribution >= 0.6 is 11.6 Å². The fourth-order valence-corrected chi connectivity index (χ4v) is 1.85. The van der Waals surface area contributed by atoms with Gasteiger partial charge >= 0.3 is 5.97 Å². The van der Waals surface area contributed by atoms with Gasteiger partial charge in [-0.2, -0.15) is 0 Å². The summed E-state index contributed by atoms with van der Waals surface area (Å²) < 4.78 is 0. The molecule has 2 aromatic rings. The van der Waals surface area contributed by atoms with E-state index in [0.717, 1.165) is 0 Å². The minimum atomic E-state index is -1.19. The topological polar surface area (TPSA) is 86.6 Å². The lowest BCUT2D eigenvalue weighted by Crippen LogP contribution is -2.15. The van der Waals surface area contributed by atoms with E-state index in [2.05, 4.69) is 5.32 Å². The van der Waals surface area contributed by atoms with Crippen molar-refractivity contribution in [2.45, 2.75) is 0 Å². The van der Waals surface area contributed by atoms with Gasteiger partial charge in [0.25, 0.3) is 5.91 Å². The van der Waals surface area contributed by atoms with E-state index in [1.54, 1.807) is 0 Å². The number of phenols is 1. The molecule has 0 aliphatic rings. The number of aromatic hydroxyl groups is 1. The predicted molar refractivity (Wildman–Crippen MR) is 74.5 cm³/mol. The van der Waals surface area contributed by atoms with E-state index >= 15 is 0 Å². The van der Waals surface area contributed by atoms with Gasteiger partial charge in [0.15, 0.2) is 0 Å². The first-order valence-corrected chi connectivity index (χ1v) is 5.99. The summed E-state index contributed by atoms with van der Waals surface area (Å²) in [5.41, 5.74) is 0.225. The SMILES string of the molecule is O=C(Nc1c(Cl)cccc1C(=O)O)c1ccc(O)cc1. The Morgan fingerprint density at radius 1 is 1.05 bits per heavy atom. The van der Waals surface area contributed by atoms with Gasteiger partial charge in [0, 0.05) is 5.56 Å². The van der Waals surface area contributed by atoms with Gasteiger partial charge in [-0.05, 0) is 36.4 Å². The molecule has 0 saturated heterocycles.